The van der Waals surface area contributed by atoms with Gasteiger partial charge in [0.15, 0.2) is 6.04 Å². The maximum atomic E-state index is 13.3. The number of para-hydroxylation sites is 1. The number of nitrogens with zero attached hydrogens (tertiary/aromatic N) is 1. The van der Waals surface area contributed by atoms with E-state index in [0.717, 1.165) is 32.5 Å². The van der Waals surface area contributed by atoms with Gasteiger partial charge in [-0.3, -0.25) is 4.90 Å². The Labute approximate surface area is 175 Å². The van der Waals surface area contributed by atoms with Crippen molar-refractivity contribution in [3.63, 3.8) is 0 Å². The summed E-state index contributed by atoms with van der Waals surface area (Å²) in [6.07, 6.45) is 2.01. The van der Waals surface area contributed by atoms with Crippen molar-refractivity contribution >= 4 is 17.6 Å². The Morgan fingerprint density at radius 2 is 1.80 bits per heavy atom. The highest BCUT2D eigenvalue weighted by Crippen LogP contribution is 2.33. The quantitative estimate of drug-likeness (QED) is 0.678. The van der Waals surface area contributed by atoms with E-state index < -0.39 is 12.0 Å². The number of anilines is 1. The van der Waals surface area contributed by atoms with Crippen LogP contribution in [0.3, 0.4) is 0 Å². The van der Waals surface area contributed by atoms with Gasteiger partial charge in [0.25, 0.3) is 0 Å². The lowest BCUT2D eigenvalue weighted by atomic mass is 9.86. The number of esters is 1. The number of fused-ring (bicyclic) bond motifs is 3. The Kier molecular flexibility index (Phi) is 5.90. The molecule has 0 aliphatic carbocycles. The standard InChI is InChI=1S/C23H26N2O5/c1-29-19-5-3-2-4-18(19)21(24-17-8-6-16(7-9-17)22(26)27)23(28)30-20-14-25-12-10-15(20)11-13-25/h2-9,15,20-21,24H,10-14H2,1H3,(H,26,27)/t20-,21?/m0/s1. The molecule has 0 radical (unpaired) electrons. The molecule has 2 bridgehead atoms. The largest absolute Gasteiger partial charge is 0.496 e. The highest BCUT2D eigenvalue weighted by atomic mass is 16.5. The molecular formula is C23H26N2O5. The molecule has 7 heteroatoms. The highest BCUT2D eigenvalue weighted by Gasteiger charge is 2.38. The van der Waals surface area contributed by atoms with E-state index in [1.807, 2.05) is 18.2 Å². The van der Waals surface area contributed by atoms with E-state index in [1.165, 1.54) is 12.1 Å². The average molecular weight is 410 g/mol. The second kappa shape index (κ2) is 8.75. The Bertz CT molecular complexity index is 906. The van der Waals surface area contributed by atoms with Crippen LogP contribution in [-0.4, -0.2) is 54.8 Å². The van der Waals surface area contributed by atoms with Gasteiger partial charge < -0.3 is 19.9 Å². The van der Waals surface area contributed by atoms with Crippen LogP contribution in [0, 0.1) is 5.92 Å². The molecule has 158 valence electrons. The molecule has 1 unspecified atom stereocenters. The van der Waals surface area contributed by atoms with Gasteiger partial charge in [-0.25, -0.2) is 9.59 Å². The van der Waals surface area contributed by atoms with Gasteiger partial charge in [-0.1, -0.05) is 18.2 Å². The third-order valence-electron chi connectivity index (χ3n) is 5.99. The first-order valence-electron chi connectivity index (χ1n) is 10.2. The molecule has 3 fully saturated rings. The summed E-state index contributed by atoms with van der Waals surface area (Å²) in [6.45, 7) is 2.92. The van der Waals surface area contributed by atoms with Crippen LogP contribution in [0.2, 0.25) is 0 Å². The molecule has 0 saturated carbocycles. The van der Waals surface area contributed by atoms with Crippen LogP contribution in [0.4, 0.5) is 5.69 Å². The minimum atomic E-state index is -0.996. The summed E-state index contributed by atoms with van der Waals surface area (Å²) in [5, 5.41) is 12.3. The van der Waals surface area contributed by atoms with Crippen molar-refractivity contribution in [1.82, 2.24) is 4.90 Å². The number of ether oxygens (including phenoxy) is 2. The minimum Gasteiger partial charge on any atom is -0.496 e. The Morgan fingerprint density at radius 3 is 2.40 bits per heavy atom. The second-order valence-electron chi connectivity index (χ2n) is 7.82. The van der Waals surface area contributed by atoms with Crippen molar-refractivity contribution in [3.05, 3.63) is 59.7 Å². The zero-order valence-corrected chi connectivity index (χ0v) is 16.9. The number of piperidine rings is 3. The van der Waals surface area contributed by atoms with Crippen molar-refractivity contribution in [2.45, 2.75) is 25.0 Å². The predicted molar refractivity (Wildman–Crippen MR) is 112 cm³/mol. The van der Waals surface area contributed by atoms with E-state index in [1.54, 1.807) is 25.3 Å². The fourth-order valence-electron chi connectivity index (χ4n) is 4.31. The summed E-state index contributed by atoms with van der Waals surface area (Å²) < 4.78 is 11.5. The number of carbonyl (C=O) groups excluding carboxylic acids is 1. The van der Waals surface area contributed by atoms with Crippen LogP contribution in [0.15, 0.2) is 48.5 Å². The molecular weight excluding hydrogens is 384 g/mol. The molecule has 2 atom stereocenters. The number of carbonyl (C=O) groups is 2. The fraction of sp³-hybridized carbons (Fsp3) is 0.391. The number of benzene rings is 2. The van der Waals surface area contributed by atoms with Crippen LogP contribution in [0.25, 0.3) is 0 Å². The van der Waals surface area contributed by atoms with E-state index >= 15 is 0 Å². The lowest BCUT2D eigenvalue weighted by Gasteiger charge is -2.44. The third-order valence-corrected chi connectivity index (χ3v) is 5.99. The normalized spacial score (nSPS) is 23.4. The van der Waals surface area contributed by atoms with Crippen molar-refractivity contribution < 1.29 is 24.2 Å². The van der Waals surface area contributed by atoms with Gasteiger partial charge in [0.05, 0.1) is 12.7 Å². The van der Waals surface area contributed by atoms with Gasteiger partial charge in [0, 0.05) is 17.8 Å². The predicted octanol–water partition coefficient (Wildman–Crippen LogP) is 3.18. The molecule has 0 spiro atoms. The highest BCUT2D eigenvalue weighted by molar-refractivity contribution is 5.88. The maximum absolute atomic E-state index is 13.3. The van der Waals surface area contributed by atoms with E-state index in [9.17, 15) is 9.59 Å². The Hall–Kier alpha value is -3.06. The molecule has 0 amide bonds. The summed E-state index contributed by atoms with van der Waals surface area (Å²) in [5.74, 6) is -0.361. The zero-order valence-electron chi connectivity index (χ0n) is 16.9. The number of aromatic carboxylic acids is 1. The van der Waals surface area contributed by atoms with Gasteiger partial charge >= 0.3 is 11.9 Å². The van der Waals surface area contributed by atoms with E-state index in [-0.39, 0.29) is 17.6 Å². The average Bonchev–Trinajstić information content (AvgIpc) is 2.78. The number of carboxylic acids is 1. The van der Waals surface area contributed by atoms with Crippen LogP contribution in [0.1, 0.15) is 34.8 Å². The molecule has 3 aliphatic rings. The van der Waals surface area contributed by atoms with E-state index in [2.05, 4.69) is 10.2 Å². The molecule has 3 saturated heterocycles. The topological polar surface area (TPSA) is 88.1 Å². The first-order valence-corrected chi connectivity index (χ1v) is 10.2. The number of rotatable bonds is 7. The summed E-state index contributed by atoms with van der Waals surface area (Å²) in [6, 6.07) is 12.9. The second-order valence-corrected chi connectivity index (χ2v) is 7.82. The van der Waals surface area contributed by atoms with Crippen molar-refractivity contribution in [1.29, 1.82) is 0 Å². The summed E-state index contributed by atoms with van der Waals surface area (Å²) >= 11 is 0. The van der Waals surface area contributed by atoms with E-state index in [0.29, 0.717) is 22.9 Å². The number of nitrogens with one attached hydrogen (secondary N) is 1. The lowest BCUT2D eigenvalue weighted by Crippen LogP contribution is -2.52. The molecule has 3 heterocycles. The lowest BCUT2D eigenvalue weighted by molar-refractivity contribution is -0.160. The molecule has 2 aromatic carbocycles. The van der Waals surface area contributed by atoms with Gasteiger partial charge in [-0.2, -0.15) is 0 Å². The molecule has 3 aliphatic heterocycles. The Morgan fingerprint density at radius 1 is 1.10 bits per heavy atom. The summed E-state index contributed by atoms with van der Waals surface area (Å²) in [5.41, 5.74) is 1.49. The molecule has 7 nitrogen and oxygen atoms in total. The molecule has 2 N–H and O–H groups in total. The first-order chi connectivity index (χ1) is 14.5. The maximum Gasteiger partial charge on any atom is 0.335 e. The molecule has 30 heavy (non-hydrogen) atoms. The van der Waals surface area contributed by atoms with Gasteiger partial charge in [0.2, 0.25) is 0 Å². The third kappa shape index (κ3) is 4.26. The van der Waals surface area contributed by atoms with Gasteiger partial charge in [-0.05, 0) is 62.2 Å². The zero-order chi connectivity index (χ0) is 21.1. The monoisotopic (exact) mass is 410 g/mol. The van der Waals surface area contributed by atoms with Crippen molar-refractivity contribution in [3.8, 4) is 5.75 Å². The number of methoxy groups -OCH3 is 1. The van der Waals surface area contributed by atoms with Crippen LogP contribution < -0.4 is 10.1 Å². The first kappa shape index (κ1) is 20.2. The van der Waals surface area contributed by atoms with Crippen molar-refractivity contribution in [2.24, 2.45) is 5.92 Å². The summed E-state index contributed by atoms with van der Waals surface area (Å²) in [7, 11) is 1.57. The molecule has 2 aromatic rings. The summed E-state index contributed by atoms with van der Waals surface area (Å²) in [4.78, 5) is 26.7. The minimum absolute atomic E-state index is 0.103. The number of carboxylic acid groups (broad SMARTS) is 1. The Balaban J connectivity index is 1.58. The van der Waals surface area contributed by atoms with E-state index in [4.69, 9.17) is 14.6 Å². The van der Waals surface area contributed by atoms with Crippen LogP contribution in [-0.2, 0) is 9.53 Å². The molecule has 0 aromatic heterocycles. The fourth-order valence-corrected chi connectivity index (χ4v) is 4.31. The SMILES string of the molecule is COc1ccccc1C(Nc1ccc(C(=O)O)cc1)C(=O)O[C@H]1CN2CCC1CC2. The number of hydrogen-bond acceptors (Lipinski definition) is 6. The molecule has 5 rings (SSSR count). The van der Waals surface area contributed by atoms with Crippen molar-refractivity contribution in [2.75, 3.05) is 32.1 Å². The van der Waals surface area contributed by atoms with Gasteiger partial charge in [0.1, 0.15) is 11.9 Å². The number of hydrogen-bond donors (Lipinski definition) is 2. The van der Waals surface area contributed by atoms with Crippen LogP contribution >= 0.6 is 0 Å². The smallest absolute Gasteiger partial charge is 0.335 e. The van der Waals surface area contributed by atoms with Crippen LogP contribution in [0.5, 0.6) is 5.75 Å². The van der Waals surface area contributed by atoms with Gasteiger partial charge in [-0.15, -0.1) is 0 Å².